The van der Waals surface area contributed by atoms with E-state index in [0.717, 1.165) is 36.3 Å². The van der Waals surface area contributed by atoms with Gasteiger partial charge in [-0.25, -0.2) is 9.79 Å². The summed E-state index contributed by atoms with van der Waals surface area (Å²) in [5.41, 5.74) is 2.96. The summed E-state index contributed by atoms with van der Waals surface area (Å²) in [5, 5.41) is 10.6. The van der Waals surface area contributed by atoms with E-state index >= 15 is 0 Å². The van der Waals surface area contributed by atoms with Crippen molar-refractivity contribution in [1.82, 2.24) is 0 Å². The van der Waals surface area contributed by atoms with Gasteiger partial charge in [-0.15, -0.1) is 0 Å². The number of phenols is 1. The molecule has 224 valence electrons. The molecule has 0 bridgehead atoms. The quantitative estimate of drug-likeness (QED) is 0.105. The lowest BCUT2D eigenvalue weighted by Crippen LogP contribution is -2.16. The van der Waals surface area contributed by atoms with Gasteiger partial charge in [0.1, 0.15) is 23.9 Å². The molecule has 1 aliphatic heterocycles. The van der Waals surface area contributed by atoms with Crippen LogP contribution in [-0.2, 0) is 4.74 Å². The van der Waals surface area contributed by atoms with Crippen LogP contribution in [-0.4, -0.2) is 36.2 Å². The maximum atomic E-state index is 12.8. The summed E-state index contributed by atoms with van der Waals surface area (Å²) in [6.45, 7) is 7.76. The first-order valence-electron chi connectivity index (χ1n) is 15.6. The maximum absolute atomic E-state index is 12.8. The third-order valence-corrected chi connectivity index (χ3v) is 7.96. The van der Waals surface area contributed by atoms with Crippen molar-refractivity contribution >= 4 is 11.9 Å². The monoisotopic (exact) mass is 571 g/mol. The van der Waals surface area contributed by atoms with Crippen molar-refractivity contribution in [2.24, 2.45) is 10.9 Å². The Kier molecular flexibility index (Phi) is 11.9. The van der Waals surface area contributed by atoms with Crippen LogP contribution in [0.1, 0.15) is 94.5 Å². The van der Waals surface area contributed by atoms with Crippen LogP contribution in [0, 0.1) is 5.92 Å². The van der Waals surface area contributed by atoms with E-state index in [1.54, 1.807) is 24.3 Å². The Hall–Kier alpha value is -3.80. The molecule has 2 atom stereocenters. The number of aromatic hydroxyl groups is 1. The molecule has 0 saturated carbocycles. The maximum Gasteiger partial charge on any atom is 0.343 e. The predicted octanol–water partition coefficient (Wildman–Crippen LogP) is 8.99. The minimum absolute atomic E-state index is 0.0376. The van der Waals surface area contributed by atoms with Crippen molar-refractivity contribution in [3.8, 4) is 28.4 Å². The third kappa shape index (κ3) is 8.85. The lowest BCUT2D eigenvalue weighted by Gasteiger charge is -2.11. The SMILES string of the molecule is CCCCCCCCCCOc1ccc(-c2ccc(C(=O)Oc3ccc(C4=N[C@@H](C(C)CC)CO4)c(O)c3)cc2)cc1. The summed E-state index contributed by atoms with van der Waals surface area (Å²) in [5.74, 6) is 1.42. The molecule has 1 aliphatic rings. The van der Waals surface area contributed by atoms with Gasteiger partial charge in [-0.3, -0.25) is 0 Å². The summed E-state index contributed by atoms with van der Waals surface area (Å²) in [6.07, 6.45) is 11.3. The van der Waals surface area contributed by atoms with Crippen molar-refractivity contribution < 1.29 is 24.1 Å². The molecule has 1 heterocycles. The second-order valence-electron chi connectivity index (χ2n) is 11.2. The number of hydrogen-bond donors (Lipinski definition) is 1. The molecule has 1 unspecified atom stereocenters. The summed E-state index contributed by atoms with van der Waals surface area (Å²) in [7, 11) is 0. The zero-order valence-corrected chi connectivity index (χ0v) is 25.3. The highest BCUT2D eigenvalue weighted by molar-refractivity contribution is 5.98. The lowest BCUT2D eigenvalue weighted by atomic mass is 10.0. The fourth-order valence-corrected chi connectivity index (χ4v) is 4.99. The molecule has 0 spiro atoms. The summed E-state index contributed by atoms with van der Waals surface area (Å²) in [4.78, 5) is 17.4. The molecule has 0 fully saturated rings. The highest BCUT2D eigenvalue weighted by Crippen LogP contribution is 2.29. The first-order chi connectivity index (χ1) is 20.5. The summed E-state index contributed by atoms with van der Waals surface area (Å²) < 4.78 is 17.2. The highest BCUT2D eigenvalue weighted by atomic mass is 16.5. The fourth-order valence-electron chi connectivity index (χ4n) is 4.99. The van der Waals surface area contributed by atoms with Gasteiger partial charge in [0.05, 0.1) is 23.8 Å². The van der Waals surface area contributed by atoms with E-state index in [0.29, 0.717) is 29.5 Å². The van der Waals surface area contributed by atoms with Gasteiger partial charge in [0, 0.05) is 6.07 Å². The molecule has 0 aliphatic carbocycles. The number of hydrogen-bond acceptors (Lipinski definition) is 6. The Morgan fingerprint density at radius 2 is 1.50 bits per heavy atom. The van der Waals surface area contributed by atoms with E-state index in [1.165, 1.54) is 51.0 Å². The Balaban J connectivity index is 1.24. The minimum atomic E-state index is -0.496. The van der Waals surface area contributed by atoms with Crippen LogP contribution in [0.4, 0.5) is 0 Å². The van der Waals surface area contributed by atoms with Crippen molar-refractivity contribution in [3.05, 3.63) is 77.9 Å². The number of ether oxygens (including phenoxy) is 3. The number of unbranched alkanes of at least 4 members (excludes halogenated alkanes) is 7. The van der Waals surface area contributed by atoms with Crippen LogP contribution in [0.25, 0.3) is 11.1 Å². The van der Waals surface area contributed by atoms with Gasteiger partial charge in [0.25, 0.3) is 0 Å². The second-order valence-corrected chi connectivity index (χ2v) is 11.2. The van der Waals surface area contributed by atoms with Gasteiger partial charge in [-0.1, -0.05) is 96.4 Å². The molecule has 42 heavy (non-hydrogen) atoms. The molecule has 0 aromatic heterocycles. The van der Waals surface area contributed by atoms with E-state index in [1.807, 2.05) is 36.4 Å². The Morgan fingerprint density at radius 3 is 2.14 bits per heavy atom. The average molecular weight is 572 g/mol. The topological polar surface area (TPSA) is 77.4 Å². The fraction of sp³-hybridized carbons (Fsp3) is 0.444. The molecule has 0 radical (unpaired) electrons. The number of rotatable bonds is 16. The van der Waals surface area contributed by atoms with Crippen LogP contribution in [0.3, 0.4) is 0 Å². The highest BCUT2D eigenvalue weighted by Gasteiger charge is 2.26. The van der Waals surface area contributed by atoms with E-state index in [4.69, 9.17) is 14.2 Å². The Morgan fingerprint density at radius 1 is 0.881 bits per heavy atom. The normalized spacial score (nSPS) is 15.1. The zero-order valence-electron chi connectivity index (χ0n) is 25.3. The van der Waals surface area contributed by atoms with E-state index in [2.05, 4.69) is 25.8 Å². The molecular weight excluding hydrogens is 526 g/mol. The Labute approximate surface area is 250 Å². The van der Waals surface area contributed by atoms with Gasteiger partial charge in [-0.2, -0.15) is 0 Å². The van der Waals surface area contributed by atoms with Crippen LogP contribution in [0.15, 0.2) is 71.7 Å². The standard InChI is InChI=1S/C36H45NO5/c1-4-6-7-8-9-10-11-12-23-40-30-19-17-28(18-20-30)27-13-15-29(16-14-27)36(39)42-31-21-22-32(34(38)24-31)35-37-33(25-41-35)26(3)5-2/h13-22,24,26,33,38H,4-12,23,25H2,1-3H3/t26?,33-/m1/s1. The molecule has 3 aromatic carbocycles. The first kappa shape index (κ1) is 31.1. The minimum Gasteiger partial charge on any atom is -0.507 e. The molecule has 6 heteroatoms. The van der Waals surface area contributed by atoms with E-state index in [9.17, 15) is 9.90 Å². The number of aliphatic imine (C=N–C) groups is 1. The second kappa shape index (κ2) is 16.0. The van der Waals surface area contributed by atoms with Crippen molar-refractivity contribution in [1.29, 1.82) is 0 Å². The zero-order chi connectivity index (χ0) is 29.7. The van der Waals surface area contributed by atoms with Crippen LogP contribution in [0.2, 0.25) is 0 Å². The number of phenolic OH excluding ortho intramolecular Hbond substituents is 1. The molecular formula is C36H45NO5. The van der Waals surface area contributed by atoms with Gasteiger partial charge in [0.2, 0.25) is 5.90 Å². The summed E-state index contributed by atoms with van der Waals surface area (Å²) in [6, 6.07) is 20.1. The molecule has 1 N–H and O–H groups in total. The van der Waals surface area contributed by atoms with Gasteiger partial charge in [-0.05, 0) is 59.9 Å². The van der Waals surface area contributed by atoms with E-state index in [-0.39, 0.29) is 17.5 Å². The number of carbonyl (C=O) groups excluding carboxylic acids is 1. The Bertz CT molecular complexity index is 1300. The van der Waals surface area contributed by atoms with Gasteiger partial charge < -0.3 is 19.3 Å². The third-order valence-electron chi connectivity index (χ3n) is 7.96. The number of esters is 1. The van der Waals surface area contributed by atoms with Crippen LogP contribution >= 0.6 is 0 Å². The number of nitrogens with zero attached hydrogens (tertiary/aromatic N) is 1. The molecule has 3 aromatic rings. The molecule has 4 rings (SSSR count). The van der Waals surface area contributed by atoms with Crippen molar-refractivity contribution in [2.75, 3.05) is 13.2 Å². The largest absolute Gasteiger partial charge is 0.507 e. The van der Waals surface area contributed by atoms with Crippen molar-refractivity contribution in [3.63, 3.8) is 0 Å². The number of carbonyl (C=O) groups is 1. The number of benzene rings is 3. The van der Waals surface area contributed by atoms with Gasteiger partial charge >= 0.3 is 5.97 Å². The lowest BCUT2D eigenvalue weighted by molar-refractivity contribution is 0.0734. The van der Waals surface area contributed by atoms with Crippen LogP contribution < -0.4 is 9.47 Å². The molecule has 6 nitrogen and oxygen atoms in total. The van der Waals surface area contributed by atoms with Gasteiger partial charge in [0.15, 0.2) is 0 Å². The first-order valence-corrected chi connectivity index (χ1v) is 15.6. The van der Waals surface area contributed by atoms with Crippen molar-refractivity contribution in [2.45, 2.75) is 84.6 Å². The average Bonchev–Trinajstić information content (AvgIpc) is 3.50. The molecule has 0 saturated heterocycles. The predicted molar refractivity (Wildman–Crippen MR) is 169 cm³/mol. The van der Waals surface area contributed by atoms with Crippen LogP contribution in [0.5, 0.6) is 17.2 Å². The molecule has 0 amide bonds. The summed E-state index contributed by atoms with van der Waals surface area (Å²) >= 11 is 0. The van der Waals surface area contributed by atoms with E-state index < -0.39 is 5.97 Å². The smallest absolute Gasteiger partial charge is 0.343 e.